The van der Waals surface area contributed by atoms with Gasteiger partial charge >= 0.3 is 5.97 Å². The van der Waals surface area contributed by atoms with Crippen molar-refractivity contribution in [3.63, 3.8) is 0 Å². The van der Waals surface area contributed by atoms with E-state index >= 15 is 0 Å². The molecule has 1 unspecified atom stereocenters. The fourth-order valence-electron chi connectivity index (χ4n) is 2.07. The number of hydrogen-bond donors (Lipinski definition) is 0. The maximum atomic E-state index is 11.4. The molecule has 1 atom stereocenters. The molecule has 0 spiro atoms. The second kappa shape index (κ2) is 16.0. The molecule has 0 aliphatic rings. The van der Waals surface area contributed by atoms with Crippen LogP contribution in [0.25, 0.3) is 0 Å². The second-order valence-corrected chi connectivity index (χ2v) is 6.86. The number of carbonyl (C=O) groups excluding carboxylic acids is 1. The standard InChI is InChI=1S/C16H33O2P/c1-3-5-6-7-8-9-10-11-12-13-16(17)18-14-15-19-4-2/h19H,3-15H2,1-2H3. The highest BCUT2D eigenvalue weighted by atomic mass is 31.1. The van der Waals surface area contributed by atoms with Crippen molar-refractivity contribution in [1.29, 1.82) is 0 Å². The first kappa shape index (κ1) is 18.9. The molecule has 0 aliphatic heterocycles. The van der Waals surface area contributed by atoms with Crippen LogP contribution in [0.2, 0.25) is 0 Å². The highest BCUT2D eigenvalue weighted by Gasteiger charge is 2.01. The van der Waals surface area contributed by atoms with Crippen LogP contribution < -0.4 is 0 Å². The molecule has 19 heavy (non-hydrogen) atoms. The smallest absolute Gasteiger partial charge is 0.305 e. The van der Waals surface area contributed by atoms with Crippen LogP contribution in [0.1, 0.15) is 78.1 Å². The van der Waals surface area contributed by atoms with Crippen LogP contribution in [0, 0.1) is 0 Å². The predicted molar refractivity (Wildman–Crippen MR) is 86.5 cm³/mol. The molecule has 0 heterocycles. The van der Waals surface area contributed by atoms with Gasteiger partial charge in [0.25, 0.3) is 0 Å². The Morgan fingerprint density at radius 2 is 1.47 bits per heavy atom. The summed E-state index contributed by atoms with van der Waals surface area (Å²) >= 11 is 0. The lowest BCUT2D eigenvalue weighted by Gasteiger charge is -2.04. The minimum atomic E-state index is 0.00356. The summed E-state index contributed by atoms with van der Waals surface area (Å²) in [7, 11) is 0.939. The first-order chi connectivity index (χ1) is 9.31. The van der Waals surface area contributed by atoms with E-state index in [4.69, 9.17) is 4.74 Å². The Bertz CT molecular complexity index is 195. The zero-order valence-electron chi connectivity index (χ0n) is 13.0. The molecule has 2 nitrogen and oxygen atoms in total. The molecule has 0 saturated heterocycles. The molecule has 0 radical (unpaired) electrons. The summed E-state index contributed by atoms with van der Waals surface area (Å²) in [5.74, 6) is 0.00356. The van der Waals surface area contributed by atoms with Gasteiger partial charge in [-0.05, 0) is 18.7 Å². The van der Waals surface area contributed by atoms with Crippen molar-refractivity contribution in [1.82, 2.24) is 0 Å². The molecule has 114 valence electrons. The summed E-state index contributed by atoms with van der Waals surface area (Å²) in [6.45, 7) is 5.05. The van der Waals surface area contributed by atoms with Gasteiger partial charge in [-0.1, -0.05) is 65.2 Å². The Labute approximate surface area is 121 Å². The van der Waals surface area contributed by atoms with E-state index in [0.717, 1.165) is 21.2 Å². The third-order valence-electron chi connectivity index (χ3n) is 3.28. The van der Waals surface area contributed by atoms with Crippen molar-refractivity contribution in [3.8, 4) is 0 Å². The average molecular weight is 288 g/mol. The molecule has 0 bridgehead atoms. The Balaban J connectivity index is 3.10. The molecule has 0 aliphatic carbocycles. The van der Waals surface area contributed by atoms with Gasteiger partial charge < -0.3 is 4.74 Å². The number of hydrogen-bond acceptors (Lipinski definition) is 2. The van der Waals surface area contributed by atoms with Crippen LogP contribution in [-0.4, -0.2) is 24.9 Å². The summed E-state index contributed by atoms with van der Waals surface area (Å²) < 4.78 is 5.18. The van der Waals surface area contributed by atoms with Gasteiger partial charge in [-0.2, -0.15) is 0 Å². The molecular formula is C16H33O2P. The monoisotopic (exact) mass is 288 g/mol. The van der Waals surface area contributed by atoms with Crippen molar-refractivity contribution in [2.45, 2.75) is 78.1 Å². The molecule has 3 heteroatoms. The number of carbonyl (C=O) groups is 1. The van der Waals surface area contributed by atoms with Gasteiger partial charge in [0.2, 0.25) is 0 Å². The van der Waals surface area contributed by atoms with Crippen LogP contribution in [0.4, 0.5) is 0 Å². The summed E-state index contributed by atoms with van der Waals surface area (Å²) in [6.07, 6.45) is 14.5. The number of unbranched alkanes of at least 4 members (excludes halogenated alkanes) is 8. The fraction of sp³-hybridized carbons (Fsp3) is 0.938. The van der Waals surface area contributed by atoms with Crippen LogP contribution in [0.15, 0.2) is 0 Å². The van der Waals surface area contributed by atoms with E-state index < -0.39 is 0 Å². The van der Waals surface area contributed by atoms with Gasteiger partial charge in [-0.15, -0.1) is 8.58 Å². The lowest BCUT2D eigenvalue weighted by molar-refractivity contribution is -0.143. The molecule has 0 N–H and O–H groups in total. The Morgan fingerprint density at radius 3 is 2.05 bits per heavy atom. The Hall–Kier alpha value is -0.100. The van der Waals surface area contributed by atoms with Gasteiger partial charge in [0, 0.05) is 6.42 Å². The largest absolute Gasteiger partial charge is 0.465 e. The SMILES string of the molecule is CCCCCCCCCCCC(=O)OCCPCC. The minimum absolute atomic E-state index is 0.00356. The summed E-state index contributed by atoms with van der Waals surface area (Å²) in [4.78, 5) is 11.4. The number of esters is 1. The maximum Gasteiger partial charge on any atom is 0.305 e. The highest BCUT2D eigenvalue weighted by molar-refractivity contribution is 7.37. The van der Waals surface area contributed by atoms with Crippen molar-refractivity contribution in [2.24, 2.45) is 0 Å². The van der Waals surface area contributed by atoms with Crippen LogP contribution in [-0.2, 0) is 9.53 Å². The minimum Gasteiger partial charge on any atom is -0.465 e. The van der Waals surface area contributed by atoms with E-state index in [1.165, 1.54) is 57.5 Å². The number of ether oxygens (including phenoxy) is 1. The lowest BCUT2D eigenvalue weighted by Crippen LogP contribution is -2.06. The van der Waals surface area contributed by atoms with Gasteiger partial charge in [0.05, 0.1) is 6.61 Å². The van der Waals surface area contributed by atoms with Crippen molar-refractivity contribution < 1.29 is 9.53 Å². The first-order valence-corrected chi connectivity index (χ1v) is 9.59. The molecule has 0 aromatic carbocycles. The Kier molecular flexibility index (Phi) is 15.9. The van der Waals surface area contributed by atoms with E-state index in [1.54, 1.807) is 0 Å². The average Bonchev–Trinajstić information content (AvgIpc) is 2.42. The normalized spacial score (nSPS) is 11.3. The van der Waals surface area contributed by atoms with Gasteiger partial charge in [0.15, 0.2) is 0 Å². The third kappa shape index (κ3) is 15.8. The molecule has 0 aromatic rings. The van der Waals surface area contributed by atoms with Gasteiger partial charge in [-0.25, -0.2) is 0 Å². The van der Waals surface area contributed by atoms with E-state index in [2.05, 4.69) is 13.8 Å². The van der Waals surface area contributed by atoms with Crippen LogP contribution in [0.5, 0.6) is 0 Å². The van der Waals surface area contributed by atoms with Crippen molar-refractivity contribution >= 4 is 14.6 Å². The zero-order valence-corrected chi connectivity index (χ0v) is 14.0. The Morgan fingerprint density at radius 1 is 0.895 bits per heavy atom. The van der Waals surface area contributed by atoms with Crippen LogP contribution in [0.3, 0.4) is 0 Å². The van der Waals surface area contributed by atoms with Crippen molar-refractivity contribution in [3.05, 3.63) is 0 Å². The van der Waals surface area contributed by atoms with E-state index in [1.807, 2.05) is 0 Å². The fourth-order valence-corrected chi connectivity index (χ4v) is 2.67. The second-order valence-electron chi connectivity index (χ2n) is 5.15. The summed E-state index contributed by atoms with van der Waals surface area (Å²) in [5, 5.41) is 0. The predicted octanol–water partition coefficient (Wildman–Crippen LogP) is 5.15. The molecular weight excluding hydrogens is 255 g/mol. The quantitative estimate of drug-likeness (QED) is 0.251. The molecule has 0 rings (SSSR count). The summed E-state index contributed by atoms with van der Waals surface area (Å²) in [5.41, 5.74) is 0. The molecule has 0 fully saturated rings. The number of rotatable bonds is 14. The highest BCUT2D eigenvalue weighted by Crippen LogP contribution is 2.11. The van der Waals surface area contributed by atoms with E-state index in [-0.39, 0.29) is 5.97 Å². The zero-order chi connectivity index (χ0) is 14.2. The first-order valence-electron chi connectivity index (χ1n) is 8.17. The summed E-state index contributed by atoms with van der Waals surface area (Å²) in [6, 6.07) is 0. The molecule has 0 aromatic heterocycles. The topological polar surface area (TPSA) is 26.3 Å². The van der Waals surface area contributed by atoms with Crippen LogP contribution >= 0.6 is 8.58 Å². The third-order valence-corrected chi connectivity index (χ3v) is 4.33. The van der Waals surface area contributed by atoms with Gasteiger partial charge in [0.1, 0.15) is 0 Å². The molecule has 0 amide bonds. The molecule has 0 saturated carbocycles. The van der Waals surface area contributed by atoms with Crippen molar-refractivity contribution in [2.75, 3.05) is 18.9 Å². The van der Waals surface area contributed by atoms with Gasteiger partial charge in [-0.3, -0.25) is 4.79 Å². The maximum absolute atomic E-state index is 11.4. The van der Waals surface area contributed by atoms with E-state index in [9.17, 15) is 4.79 Å². The lowest BCUT2D eigenvalue weighted by atomic mass is 10.1. The van der Waals surface area contributed by atoms with E-state index in [0.29, 0.717) is 13.0 Å².